The molecule has 0 aliphatic heterocycles. The normalized spacial score (nSPS) is 11.3. The molecule has 0 atom stereocenters. The van der Waals surface area contributed by atoms with E-state index >= 15 is 0 Å². The van der Waals surface area contributed by atoms with E-state index in [1.165, 1.54) is 28.7 Å². The molecule has 0 heteroatoms. The van der Waals surface area contributed by atoms with Crippen molar-refractivity contribution in [3.8, 4) is 11.1 Å². The van der Waals surface area contributed by atoms with Gasteiger partial charge in [0.2, 0.25) is 0 Å². The molecular weight excluding hydrogens is 240 g/mol. The summed E-state index contributed by atoms with van der Waals surface area (Å²) >= 11 is 0. The first-order valence-electron chi connectivity index (χ1n) is 7.73. The Labute approximate surface area is 123 Å². The van der Waals surface area contributed by atoms with Crippen LogP contribution < -0.4 is 0 Å². The predicted molar refractivity (Wildman–Crippen MR) is 89.0 cm³/mol. The smallest absolute Gasteiger partial charge is 0.0152 e. The summed E-state index contributed by atoms with van der Waals surface area (Å²) in [5.41, 5.74) is 5.69. The summed E-state index contributed by atoms with van der Waals surface area (Å²) in [6.45, 7) is 9.16. The van der Waals surface area contributed by atoms with Crippen LogP contribution in [0.3, 0.4) is 0 Å². The van der Waals surface area contributed by atoms with Gasteiger partial charge in [0.1, 0.15) is 0 Å². The largest absolute Gasteiger partial charge is 0.0625 e. The molecule has 0 spiro atoms. The molecule has 2 aromatic carbocycles. The van der Waals surface area contributed by atoms with Gasteiger partial charge in [-0.2, -0.15) is 0 Å². The van der Waals surface area contributed by atoms with Crippen LogP contribution in [0.1, 0.15) is 38.8 Å². The fraction of sp³-hybridized carbons (Fsp3) is 0.400. The SMILES string of the molecule is CC(C)Cc1ccc(-c2ccccc2)c(CC(C)C)c1. The molecule has 2 aromatic rings. The van der Waals surface area contributed by atoms with E-state index < -0.39 is 0 Å². The van der Waals surface area contributed by atoms with Crippen molar-refractivity contribution in [2.24, 2.45) is 11.8 Å². The van der Waals surface area contributed by atoms with Crippen molar-refractivity contribution in [1.82, 2.24) is 0 Å². The maximum Gasteiger partial charge on any atom is -0.0152 e. The number of hydrogen-bond acceptors (Lipinski definition) is 0. The Kier molecular flexibility index (Phi) is 5.00. The van der Waals surface area contributed by atoms with Crippen molar-refractivity contribution >= 4 is 0 Å². The van der Waals surface area contributed by atoms with Crippen LogP contribution in [0.2, 0.25) is 0 Å². The van der Waals surface area contributed by atoms with Gasteiger partial charge in [0.25, 0.3) is 0 Å². The van der Waals surface area contributed by atoms with Crippen molar-refractivity contribution < 1.29 is 0 Å². The third kappa shape index (κ3) is 3.96. The molecule has 0 heterocycles. The molecule has 2 rings (SSSR count). The van der Waals surface area contributed by atoms with Crippen molar-refractivity contribution in [2.75, 3.05) is 0 Å². The van der Waals surface area contributed by atoms with Crippen LogP contribution in [0.15, 0.2) is 48.5 Å². The van der Waals surface area contributed by atoms with Gasteiger partial charge < -0.3 is 0 Å². The standard InChI is InChI=1S/C20H26/c1-15(2)12-17-10-11-20(18-8-6-5-7-9-18)19(14-17)13-16(3)4/h5-11,14-16H,12-13H2,1-4H3. The van der Waals surface area contributed by atoms with Crippen LogP contribution in [0, 0.1) is 11.8 Å². The average Bonchev–Trinajstić information content (AvgIpc) is 2.38. The van der Waals surface area contributed by atoms with Crippen molar-refractivity contribution in [1.29, 1.82) is 0 Å². The maximum atomic E-state index is 2.42. The molecular formula is C20H26. The second-order valence-electron chi connectivity index (χ2n) is 6.55. The quantitative estimate of drug-likeness (QED) is 0.646. The molecule has 0 fully saturated rings. The summed E-state index contributed by atoms with van der Waals surface area (Å²) < 4.78 is 0. The lowest BCUT2D eigenvalue weighted by Crippen LogP contribution is -2.00. The first-order valence-corrected chi connectivity index (χ1v) is 7.73. The Balaban J connectivity index is 2.40. The molecule has 0 amide bonds. The number of rotatable bonds is 5. The van der Waals surface area contributed by atoms with Gasteiger partial charge in [0, 0.05) is 0 Å². The number of hydrogen-bond donors (Lipinski definition) is 0. The van der Waals surface area contributed by atoms with Gasteiger partial charge in [0.05, 0.1) is 0 Å². The molecule has 0 aliphatic carbocycles. The first-order chi connectivity index (χ1) is 9.56. The Hall–Kier alpha value is -1.56. The molecule has 0 unspecified atom stereocenters. The third-order valence-electron chi connectivity index (χ3n) is 3.53. The van der Waals surface area contributed by atoms with E-state index in [0.717, 1.165) is 6.42 Å². The molecule has 0 saturated carbocycles. The van der Waals surface area contributed by atoms with Crippen LogP contribution in [0.5, 0.6) is 0 Å². The van der Waals surface area contributed by atoms with Gasteiger partial charge in [-0.15, -0.1) is 0 Å². The highest BCUT2D eigenvalue weighted by molar-refractivity contribution is 5.67. The highest BCUT2D eigenvalue weighted by Gasteiger charge is 2.09. The highest BCUT2D eigenvalue weighted by atomic mass is 14.1. The fourth-order valence-electron chi connectivity index (χ4n) is 2.75. The molecule has 0 radical (unpaired) electrons. The zero-order valence-corrected chi connectivity index (χ0v) is 13.2. The summed E-state index contributed by atoms with van der Waals surface area (Å²) in [5, 5.41) is 0. The molecule has 0 saturated heterocycles. The zero-order chi connectivity index (χ0) is 14.5. The third-order valence-corrected chi connectivity index (χ3v) is 3.53. The van der Waals surface area contributed by atoms with Crippen LogP contribution in [0.4, 0.5) is 0 Å². The highest BCUT2D eigenvalue weighted by Crippen LogP contribution is 2.27. The van der Waals surface area contributed by atoms with Gasteiger partial charge in [-0.1, -0.05) is 76.2 Å². The molecule has 20 heavy (non-hydrogen) atoms. The molecule has 0 N–H and O–H groups in total. The Morgan fingerprint density at radius 2 is 1.40 bits per heavy atom. The van der Waals surface area contributed by atoms with Crippen LogP contribution >= 0.6 is 0 Å². The minimum atomic E-state index is 0.687. The lowest BCUT2D eigenvalue weighted by Gasteiger charge is -2.15. The molecule has 0 aromatic heterocycles. The summed E-state index contributed by atoms with van der Waals surface area (Å²) in [6, 6.07) is 17.8. The van der Waals surface area contributed by atoms with E-state index in [1.807, 2.05) is 0 Å². The van der Waals surface area contributed by atoms with Gasteiger partial charge >= 0.3 is 0 Å². The maximum absolute atomic E-state index is 2.42. The summed E-state index contributed by atoms with van der Waals surface area (Å²) in [5.74, 6) is 1.40. The second-order valence-corrected chi connectivity index (χ2v) is 6.55. The van der Waals surface area contributed by atoms with E-state index in [4.69, 9.17) is 0 Å². The fourth-order valence-corrected chi connectivity index (χ4v) is 2.75. The predicted octanol–water partition coefficient (Wildman–Crippen LogP) is 5.75. The minimum Gasteiger partial charge on any atom is -0.0625 e. The molecule has 0 nitrogen and oxygen atoms in total. The molecule has 0 aliphatic rings. The van der Waals surface area contributed by atoms with E-state index in [-0.39, 0.29) is 0 Å². The summed E-state index contributed by atoms with van der Waals surface area (Å²) in [6.07, 6.45) is 2.32. The van der Waals surface area contributed by atoms with E-state index in [2.05, 4.69) is 76.2 Å². The summed E-state index contributed by atoms with van der Waals surface area (Å²) in [4.78, 5) is 0. The summed E-state index contributed by atoms with van der Waals surface area (Å²) in [7, 11) is 0. The zero-order valence-electron chi connectivity index (χ0n) is 13.2. The Bertz CT molecular complexity index is 535. The minimum absolute atomic E-state index is 0.687. The second kappa shape index (κ2) is 6.74. The van der Waals surface area contributed by atoms with Crippen LogP contribution in [-0.4, -0.2) is 0 Å². The van der Waals surface area contributed by atoms with Crippen LogP contribution in [0.25, 0.3) is 11.1 Å². The van der Waals surface area contributed by atoms with Gasteiger partial charge in [-0.3, -0.25) is 0 Å². The lowest BCUT2D eigenvalue weighted by molar-refractivity contribution is 0.636. The van der Waals surface area contributed by atoms with E-state index in [9.17, 15) is 0 Å². The first kappa shape index (κ1) is 14.8. The van der Waals surface area contributed by atoms with Gasteiger partial charge in [-0.05, 0) is 46.9 Å². The molecule has 0 bridgehead atoms. The van der Waals surface area contributed by atoms with Crippen molar-refractivity contribution in [3.63, 3.8) is 0 Å². The van der Waals surface area contributed by atoms with Crippen LogP contribution in [-0.2, 0) is 12.8 Å². The van der Waals surface area contributed by atoms with Gasteiger partial charge in [0.15, 0.2) is 0 Å². The Morgan fingerprint density at radius 3 is 2.00 bits per heavy atom. The lowest BCUT2D eigenvalue weighted by atomic mass is 9.90. The number of benzene rings is 2. The van der Waals surface area contributed by atoms with E-state index in [1.54, 1.807) is 0 Å². The van der Waals surface area contributed by atoms with E-state index in [0.29, 0.717) is 11.8 Å². The average molecular weight is 266 g/mol. The Morgan fingerprint density at radius 1 is 0.750 bits per heavy atom. The molecule has 106 valence electrons. The topological polar surface area (TPSA) is 0 Å². The van der Waals surface area contributed by atoms with Crippen molar-refractivity contribution in [2.45, 2.75) is 40.5 Å². The van der Waals surface area contributed by atoms with Crippen molar-refractivity contribution in [3.05, 3.63) is 59.7 Å². The van der Waals surface area contributed by atoms with Gasteiger partial charge in [-0.25, -0.2) is 0 Å². The monoisotopic (exact) mass is 266 g/mol.